The summed E-state index contributed by atoms with van der Waals surface area (Å²) in [5, 5.41) is 10.0. The molecule has 0 aromatic carbocycles. The van der Waals surface area contributed by atoms with Gasteiger partial charge in [0.15, 0.2) is 0 Å². The molecule has 0 unspecified atom stereocenters. The highest BCUT2D eigenvalue weighted by Gasteiger charge is 2.02. The SMILES string of the molecule is Cc1ncncc1CC[N+](=O)[O-]. The summed E-state index contributed by atoms with van der Waals surface area (Å²) in [5.74, 6) is 0. The van der Waals surface area contributed by atoms with Gasteiger partial charge < -0.3 is 0 Å². The maximum absolute atomic E-state index is 10.0. The quantitative estimate of drug-likeness (QED) is 0.488. The molecule has 0 atom stereocenters. The number of rotatable bonds is 3. The van der Waals surface area contributed by atoms with Crippen LogP contribution in [-0.4, -0.2) is 21.4 Å². The lowest BCUT2D eigenvalue weighted by atomic mass is 10.2. The molecule has 1 heterocycles. The third-order valence-corrected chi connectivity index (χ3v) is 1.58. The fourth-order valence-corrected chi connectivity index (χ4v) is 0.877. The molecule has 1 aromatic rings. The van der Waals surface area contributed by atoms with Crippen LogP contribution < -0.4 is 0 Å². The second-order valence-corrected chi connectivity index (χ2v) is 2.44. The van der Waals surface area contributed by atoms with Gasteiger partial charge in [0.2, 0.25) is 6.54 Å². The van der Waals surface area contributed by atoms with E-state index < -0.39 is 0 Å². The molecule has 5 nitrogen and oxygen atoms in total. The van der Waals surface area contributed by atoms with Crippen LogP contribution in [0.5, 0.6) is 0 Å². The van der Waals surface area contributed by atoms with E-state index in [9.17, 15) is 10.1 Å². The fourth-order valence-electron chi connectivity index (χ4n) is 0.877. The Balaban J connectivity index is 2.63. The first-order valence-electron chi connectivity index (χ1n) is 3.57. The number of nitro groups is 1. The lowest BCUT2D eigenvalue weighted by Gasteiger charge is -1.98. The smallest absolute Gasteiger partial charge is 0.208 e. The lowest BCUT2D eigenvalue weighted by Crippen LogP contribution is -2.06. The van der Waals surface area contributed by atoms with Crippen LogP contribution in [0, 0.1) is 17.0 Å². The van der Waals surface area contributed by atoms with Gasteiger partial charge in [-0.25, -0.2) is 9.97 Å². The van der Waals surface area contributed by atoms with E-state index >= 15 is 0 Å². The van der Waals surface area contributed by atoms with Crippen LogP contribution in [0.2, 0.25) is 0 Å². The van der Waals surface area contributed by atoms with Gasteiger partial charge in [-0.2, -0.15) is 0 Å². The summed E-state index contributed by atoms with van der Waals surface area (Å²) in [7, 11) is 0. The molecule has 0 aliphatic carbocycles. The number of aromatic nitrogens is 2. The molecule has 0 fully saturated rings. The van der Waals surface area contributed by atoms with Crippen molar-refractivity contribution in [1.82, 2.24) is 9.97 Å². The summed E-state index contributed by atoms with van der Waals surface area (Å²) < 4.78 is 0. The van der Waals surface area contributed by atoms with E-state index in [0.717, 1.165) is 11.3 Å². The van der Waals surface area contributed by atoms with Gasteiger partial charge in [0.25, 0.3) is 0 Å². The number of nitrogens with zero attached hydrogens (tertiary/aromatic N) is 3. The third-order valence-electron chi connectivity index (χ3n) is 1.58. The molecule has 64 valence electrons. The van der Waals surface area contributed by atoms with Gasteiger partial charge in [-0.1, -0.05) is 0 Å². The first-order valence-corrected chi connectivity index (χ1v) is 3.57. The standard InChI is InChI=1S/C7H9N3O2/c1-6-7(2-3-10(11)12)4-8-5-9-6/h4-5H,2-3H2,1H3. The zero-order valence-corrected chi connectivity index (χ0v) is 6.73. The molecule has 0 radical (unpaired) electrons. The van der Waals surface area contributed by atoms with Crippen molar-refractivity contribution < 1.29 is 4.92 Å². The molecule has 12 heavy (non-hydrogen) atoms. The maximum atomic E-state index is 10.0. The minimum Gasteiger partial charge on any atom is -0.265 e. The van der Waals surface area contributed by atoms with Crippen LogP contribution in [0.4, 0.5) is 0 Å². The Morgan fingerprint density at radius 1 is 1.67 bits per heavy atom. The van der Waals surface area contributed by atoms with Crippen LogP contribution in [0.25, 0.3) is 0 Å². The van der Waals surface area contributed by atoms with E-state index in [1.54, 1.807) is 6.20 Å². The van der Waals surface area contributed by atoms with Gasteiger partial charge in [0, 0.05) is 23.2 Å². The van der Waals surface area contributed by atoms with Crippen LogP contribution >= 0.6 is 0 Å². The van der Waals surface area contributed by atoms with Crippen molar-refractivity contribution in [3.05, 3.63) is 33.9 Å². The molecule has 0 saturated carbocycles. The van der Waals surface area contributed by atoms with Crippen molar-refractivity contribution in [1.29, 1.82) is 0 Å². The lowest BCUT2D eigenvalue weighted by molar-refractivity contribution is -0.479. The minimum atomic E-state index is -0.341. The molecular formula is C7H9N3O2. The highest BCUT2D eigenvalue weighted by molar-refractivity contribution is 5.13. The van der Waals surface area contributed by atoms with E-state index in [1.807, 2.05) is 6.92 Å². The van der Waals surface area contributed by atoms with Crippen molar-refractivity contribution in [2.45, 2.75) is 13.3 Å². The molecule has 1 aromatic heterocycles. The van der Waals surface area contributed by atoms with E-state index in [1.165, 1.54) is 6.33 Å². The number of hydrogen-bond donors (Lipinski definition) is 0. The summed E-state index contributed by atoms with van der Waals surface area (Å²) in [5.41, 5.74) is 1.65. The van der Waals surface area contributed by atoms with Crippen LogP contribution in [0.15, 0.2) is 12.5 Å². The normalized spacial score (nSPS) is 9.75. The van der Waals surface area contributed by atoms with E-state index in [-0.39, 0.29) is 11.5 Å². The Morgan fingerprint density at radius 3 is 3.00 bits per heavy atom. The molecule has 0 spiro atoms. The Kier molecular flexibility index (Phi) is 2.68. The first kappa shape index (κ1) is 8.58. The summed E-state index contributed by atoms with van der Waals surface area (Å²) in [4.78, 5) is 17.4. The predicted molar refractivity (Wildman–Crippen MR) is 42.3 cm³/mol. The molecule has 0 bridgehead atoms. The molecule has 0 amide bonds. The summed E-state index contributed by atoms with van der Waals surface area (Å²) in [6.45, 7) is 1.76. The van der Waals surface area contributed by atoms with Gasteiger partial charge in [-0.3, -0.25) is 10.1 Å². The molecule has 0 aliphatic heterocycles. The largest absolute Gasteiger partial charge is 0.265 e. The van der Waals surface area contributed by atoms with Crippen LogP contribution in [0.3, 0.4) is 0 Å². The predicted octanol–water partition coefficient (Wildman–Crippen LogP) is 0.604. The molecule has 0 aliphatic rings. The van der Waals surface area contributed by atoms with Crippen LogP contribution in [-0.2, 0) is 6.42 Å². The van der Waals surface area contributed by atoms with Gasteiger partial charge >= 0.3 is 0 Å². The van der Waals surface area contributed by atoms with Gasteiger partial charge in [-0.05, 0) is 12.5 Å². The highest BCUT2D eigenvalue weighted by atomic mass is 16.6. The monoisotopic (exact) mass is 167 g/mol. The molecule has 5 heteroatoms. The Morgan fingerprint density at radius 2 is 2.42 bits per heavy atom. The molecule has 0 N–H and O–H groups in total. The van der Waals surface area contributed by atoms with E-state index in [0.29, 0.717) is 6.42 Å². The van der Waals surface area contributed by atoms with Crippen molar-refractivity contribution in [2.75, 3.05) is 6.54 Å². The topological polar surface area (TPSA) is 68.9 Å². The zero-order valence-electron chi connectivity index (χ0n) is 6.73. The summed E-state index contributed by atoms with van der Waals surface area (Å²) >= 11 is 0. The third kappa shape index (κ3) is 2.26. The average Bonchev–Trinajstić information content (AvgIpc) is 2.03. The number of hydrogen-bond acceptors (Lipinski definition) is 4. The highest BCUT2D eigenvalue weighted by Crippen LogP contribution is 2.01. The van der Waals surface area contributed by atoms with Crippen molar-refractivity contribution in [2.24, 2.45) is 0 Å². The Hall–Kier alpha value is -1.52. The van der Waals surface area contributed by atoms with Gasteiger partial charge in [-0.15, -0.1) is 0 Å². The zero-order chi connectivity index (χ0) is 8.97. The minimum absolute atomic E-state index is 0.0613. The van der Waals surface area contributed by atoms with Crippen LogP contribution in [0.1, 0.15) is 11.3 Å². The second-order valence-electron chi connectivity index (χ2n) is 2.44. The van der Waals surface area contributed by atoms with Crippen molar-refractivity contribution in [3.63, 3.8) is 0 Å². The van der Waals surface area contributed by atoms with Crippen molar-refractivity contribution in [3.8, 4) is 0 Å². The van der Waals surface area contributed by atoms with Gasteiger partial charge in [0.1, 0.15) is 6.33 Å². The summed E-state index contributed by atoms with van der Waals surface area (Å²) in [6.07, 6.45) is 3.45. The number of aryl methyl sites for hydroxylation is 1. The Labute approximate surface area is 69.6 Å². The summed E-state index contributed by atoms with van der Waals surface area (Å²) in [6, 6.07) is 0. The first-order chi connectivity index (χ1) is 5.70. The Bertz CT molecular complexity index is 288. The van der Waals surface area contributed by atoms with Gasteiger partial charge in [0.05, 0.1) is 0 Å². The average molecular weight is 167 g/mol. The second kappa shape index (κ2) is 3.75. The molecule has 1 rings (SSSR count). The van der Waals surface area contributed by atoms with E-state index in [4.69, 9.17) is 0 Å². The maximum Gasteiger partial charge on any atom is 0.208 e. The van der Waals surface area contributed by atoms with E-state index in [2.05, 4.69) is 9.97 Å². The van der Waals surface area contributed by atoms with Crippen molar-refractivity contribution >= 4 is 0 Å². The fraction of sp³-hybridized carbons (Fsp3) is 0.429. The molecule has 0 saturated heterocycles. The molecular weight excluding hydrogens is 158 g/mol.